The quantitative estimate of drug-likeness (QED) is 0.578. The zero-order valence-corrected chi connectivity index (χ0v) is 16.6. The summed E-state index contributed by atoms with van der Waals surface area (Å²) in [6.45, 7) is 6.88. The SMILES string of the molecule is [C-]#[N+]c1ccc(NS(=O)(=O)C2=CCc3cc(-c4ccc(CO)cc4)ccc32)c(F)c1. The number of halogens is 1. The van der Waals surface area contributed by atoms with E-state index >= 15 is 0 Å². The van der Waals surface area contributed by atoms with Gasteiger partial charge in [-0.3, -0.25) is 4.72 Å². The van der Waals surface area contributed by atoms with E-state index in [-0.39, 0.29) is 22.9 Å². The Kier molecular flexibility index (Phi) is 5.12. The van der Waals surface area contributed by atoms with Crippen molar-refractivity contribution >= 4 is 26.3 Å². The fourth-order valence-corrected chi connectivity index (χ4v) is 4.76. The van der Waals surface area contributed by atoms with Gasteiger partial charge in [-0.05, 0) is 46.4 Å². The molecule has 2 N–H and O–H groups in total. The number of anilines is 1. The molecule has 0 radical (unpaired) electrons. The highest BCUT2D eigenvalue weighted by Gasteiger charge is 2.26. The van der Waals surface area contributed by atoms with Crippen LogP contribution in [0.25, 0.3) is 20.9 Å². The third-order valence-electron chi connectivity index (χ3n) is 4.96. The van der Waals surface area contributed by atoms with Crippen molar-refractivity contribution in [3.05, 3.63) is 101 Å². The molecule has 150 valence electrons. The van der Waals surface area contributed by atoms with Gasteiger partial charge in [0.2, 0.25) is 0 Å². The van der Waals surface area contributed by atoms with Crippen molar-refractivity contribution in [1.29, 1.82) is 0 Å². The van der Waals surface area contributed by atoms with Crippen molar-refractivity contribution in [2.45, 2.75) is 13.0 Å². The zero-order chi connectivity index (χ0) is 21.3. The molecule has 0 aliphatic heterocycles. The highest BCUT2D eigenvalue weighted by atomic mass is 32.2. The molecule has 4 rings (SSSR count). The Hall–Kier alpha value is -3.47. The Morgan fingerprint density at radius 1 is 1.03 bits per heavy atom. The molecule has 0 heterocycles. The van der Waals surface area contributed by atoms with E-state index in [0.29, 0.717) is 12.0 Å². The first kappa shape index (κ1) is 19.8. The monoisotopic (exact) mass is 420 g/mol. The summed E-state index contributed by atoms with van der Waals surface area (Å²) in [5.74, 6) is -0.799. The largest absolute Gasteiger partial charge is 0.392 e. The van der Waals surface area contributed by atoms with Crippen LogP contribution in [0.1, 0.15) is 16.7 Å². The molecule has 0 amide bonds. The summed E-state index contributed by atoms with van der Waals surface area (Å²) < 4.78 is 42.2. The Bertz CT molecular complexity index is 1310. The molecule has 0 saturated carbocycles. The van der Waals surface area contributed by atoms with E-state index in [9.17, 15) is 17.9 Å². The van der Waals surface area contributed by atoms with E-state index in [1.165, 1.54) is 12.1 Å². The van der Waals surface area contributed by atoms with Crippen LogP contribution >= 0.6 is 0 Å². The van der Waals surface area contributed by atoms with Gasteiger partial charge in [-0.1, -0.05) is 54.6 Å². The molecule has 7 heteroatoms. The number of sulfonamides is 1. The summed E-state index contributed by atoms with van der Waals surface area (Å²) in [6.07, 6.45) is 2.06. The van der Waals surface area contributed by atoms with E-state index in [2.05, 4.69) is 9.57 Å². The number of aliphatic hydroxyl groups is 1. The van der Waals surface area contributed by atoms with Gasteiger partial charge in [0, 0.05) is 0 Å². The van der Waals surface area contributed by atoms with E-state index in [4.69, 9.17) is 6.57 Å². The minimum Gasteiger partial charge on any atom is -0.392 e. The maximum atomic E-state index is 14.1. The standard InChI is InChI=1S/C23H17FN2O3S/c1-25-19-8-10-22(21(24)13-19)26-30(28,29)23-11-7-18-12-17(6-9-20(18)23)16-4-2-15(14-27)3-5-16/h2-6,8-13,26-27H,7,14H2. The minimum atomic E-state index is -3.99. The molecule has 5 nitrogen and oxygen atoms in total. The Morgan fingerprint density at radius 3 is 2.43 bits per heavy atom. The first-order valence-electron chi connectivity index (χ1n) is 9.15. The second kappa shape index (κ2) is 7.75. The lowest BCUT2D eigenvalue weighted by atomic mass is 9.99. The van der Waals surface area contributed by atoms with Gasteiger partial charge in [0.05, 0.1) is 23.8 Å². The first-order valence-corrected chi connectivity index (χ1v) is 10.6. The molecule has 0 unspecified atom stereocenters. The predicted molar refractivity (Wildman–Crippen MR) is 115 cm³/mol. The molecule has 0 aromatic heterocycles. The maximum Gasteiger partial charge on any atom is 0.262 e. The summed E-state index contributed by atoms with van der Waals surface area (Å²) in [7, 11) is -3.99. The second-order valence-corrected chi connectivity index (χ2v) is 8.53. The molecule has 0 saturated heterocycles. The van der Waals surface area contributed by atoms with Crippen LogP contribution in [0.15, 0.2) is 66.7 Å². The van der Waals surface area contributed by atoms with Crippen LogP contribution in [-0.2, 0) is 23.1 Å². The molecule has 0 atom stereocenters. The maximum absolute atomic E-state index is 14.1. The Labute approximate surface area is 174 Å². The molecule has 30 heavy (non-hydrogen) atoms. The number of allylic oxidation sites excluding steroid dienone is 1. The van der Waals surface area contributed by atoms with Crippen LogP contribution in [0.5, 0.6) is 0 Å². The lowest BCUT2D eigenvalue weighted by molar-refractivity contribution is 0.282. The number of hydrogen-bond donors (Lipinski definition) is 2. The van der Waals surface area contributed by atoms with Gasteiger partial charge in [0.1, 0.15) is 5.82 Å². The van der Waals surface area contributed by atoms with E-state index < -0.39 is 15.8 Å². The number of nitrogens with one attached hydrogen (secondary N) is 1. The third kappa shape index (κ3) is 3.71. The molecule has 0 fully saturated rings. The fourth-order valence-electron chi connectivity index (χ4n) is 3.41. The molecule has 3 aromatic rings. The summed E-state index contributed by atoms with van der Waals surface area (Å²) in [5, 5.41) is 9.17. The van der Waals surface area contributed by atoms with Crippen LogP contribution in [0, 0.1) is 12.4 Å². The van der Waals surface area contributed by atoms with Crippen LogP contribution in [0.4, 0.5) is 15.8 Å². The number of nitrogens with zero attached hydrogens (tertiary/aromatic N) is 1. The fraction of sp³-hybridized carbons (Fsp3) is 0.0870. The zero-order valence-electron chi connectivity index (χ0n) is 15.8. The topological polar surface area (TPSA) is 70.8 Å². The van der Waals surface area contributed by atoms with Gasteiger partial charge in [-0.2, -0.15) is 0 Å². The van der Waals surface area contributed by atoms with E-state index in [1.54, 1.807) is 12.1 Å². The lowest BCUT2D eigenvalue weighted by Gasteiger charge is -2.12. The third-order valence-corrected chi connectivity index (χ3v) is 6.42. The number of aliphatic hydroxyl groups excluding tert-OH is 1. The number of hydrogen-bond acceptors (Lipinski definition) is 3. The normalized spacial score (nSPS) is 12.8. The molecule has 0 spiro atoms. The summed E-state index contributed by atoms with van der Waals surface area (Å²) in [4.78, 5) is 3.23. The van der Waals surface area contributed by atoms with Gasteiger partial charge in [-0.15, -0.1) is 0 Å². The van der Waals surface area contributed by atoms with Crippen LogP contribution in [0.3, 0.4) is 0 Å². The first-order chi connectivity index (χ1) is 14.4. The van der Waals surface area contributed by atoms with Crippen LogP contribution in [-0.4, -0.2) is 13.5 Å². The summed E-state index contributed by atoms with van der Waals surface area (Å²) >= 11 is 0. The van der Waals surface area contributed by atoms with Gasteiger partial charge in [-0.25, -0.2) is 17.7 Å². The summed E-state index contributed by atoms with van der Waals surface area (Å²) in [6, 6.07) is 16.6. The van der Waals surface area contributed by atoms with Gasteiger partial charge in [0.15, 0.2) is 5.69 Å². The smallest absolute Gasteiger partial charge is 0.262 e. The van der Waals surface area contributed by atoms with Crippen molar-refractivity contribution in [3.8, 4) is 11.1 Å². The second-order valence-electron chi connectivity index (χ2n) is 6.88. The van der Waals surface area contributed by atoms with Crippen molar-refractivity contribution in [2.75, 3.05) is 4.72 Å². The highest BCUT2D eigenvalue weighted by molar-refractivity contribution is 8.01. The Balaban J connectivity index is 1.61. The molecule has 1 aliphatic carbocycles. The Morgan fingerprint density at radius 2 is 1.77 bits per heavy atom. The highest BCUT2D eigenvalue weighted by Crippen LogP contribution is 2.35. The molecule has 0 bridgehead atoms. The van der Waals surface area contributed by atoms with Gasteiger partial charge >= 0.3 is 0 Å². The molecule has 3 aromatic carbocycles. The van der Waals surface area contributed by atoms with Crippen molar-refractivity contribution in [3.63, 3.8) is 0 Å². The number of fused-ring (bicyclic) bond motifs is 1. The van der Waals surface area contributed by atoms with Gasteiger partial charge < -0.3 is 5.11 Å². The van der Waals surface area contributed by atoms with Crippen molar-refractivity contribution in [1.82, 2.24) is 0 Å². The predicted octanol–water partition coefficient (Wildman–Crippen LogP) is 4.87. The van der Waals surface area contributed by atoms with Crippen LogP contribution in [0.2, 0.25) is 0 Å². The molecular formula is C23H17FN2O3S. The molecule has 1 aliphatic rings. The van der Waals surface area contributed by atoms with Crippen LogP contribution < -0.4 is 4.72 Å². The molecular weight excluding hydrogens is 403 g/mol. The number of rotatable bonds is 5. The van der Waals surface area contributed by atoms with Crippen molar-refractivity contribution < 1.29 is 17.9 Å². The van der Waals surface area contributed by atoms with E-state index in [0.717, 1.165) is 28.3 Å². The van der Waals surface area contributed by atoms with E-state index in [1.807, 2.05) is 36.4 Å². The van der Waals surface area contributed by atoms with Crippen molar-refractivity contribution in [2.24, 2.45) is 0 Å². The summed E-state index contributed by atoms with van der Waals surface area (Å²) in [5.41, 5.74) is 4.07. The van der Waals surface area contributed by atoms with Gasteiger partial charge in [0.25, 0.3) is 10.0 Å². The number of benzene rings is 3. The average Bonchev–Trinajstić information content (AvgIpc) is 3.19. The minimum absolute atomic E-state index is 0.0240. The average molecular weight is 420 g/mol. The lowest BCUT2D eigenvalue weighted by Crippen LogP contribution is -2.14.